The number of rotatable bonds is 4. The van der Waals surface area contributed by atoms with Gasteiger partial charge in [0.2, 0.25) is 5.91 Å². The predicted octanol–water partition coefficient (Wildman–Crippen LogP) is 2.74. The summed E-state index contributed by atoms with van der Waals surface area (Å²) >= 11 is 5.91. The van der Waals surface area contributed by atoms with Crippen molar-refractivity contribution in [2.75, 3.05) is 6.61 Å². The van der Waals surface area contributed by atoms with Crippen LogP contribution < -0.4 is 0 Å². The normalized spacial score (nSPS) is 30.0. The number of aliphatic hydroxyl groups excluding tert-OH is 1. The molecular weight excluding hydrogens is 302 g/mol. The number of halogens is 1. The highest BCUT2D eigenvalue weighted by atomic mass is 35.5. The highest BCUT2D eigenvalue weighted by Crippen LogP contribution is 2.51. The van der Waals surface area contributed by atoms with Crippen molar-refractivity contribution in [2.24, 2.45) is 5.41 Å². The minimum atomic E-state index is -0.120. The number of hydrogen-bond acceptors (Lipinski definition) is 3. The summed E-state index contributed by atoms with van der Waals surface area (Å²) in [5.74, 6) is 0.127. The summed E-state index contributed by atoms with van der Waals surface area (Å²) in [5, 5.41) is 19.5. The van der Waals surface area contributed by atoms with Gasteiger partial charge in [-0.1, -0.05) is 24.6 Å². The maximum absolute atomic E-state index is 12.7. The Bertz CT molecular complexity index is 585. The summed E-state index contributed by atoms with van der Waals surface area (Å²) < 4.78 is 0. The standard InChI is InChI=1S/C17H22ClNO3/c1-2-17(10-20)9-12-4-6-15(17)19(12)16(22)8-11-3-5-14(21)13(18)7-11/h3,5,7,12,15,20-21H,2,4,6,8-10H2,1H3/t12-,15+,17-/m1/s1. The molecule has 22 heavy (non-hydrogen) atoms. The van der Waals surface area contributed by atoms with Gasteiger partial charge in [0.1, 0.15) is 5.75 Å². The largest absolute Gasteiger partial charge is 0.506 e. The first-order valence-electron chi connectivity index (χ1n) is 7.90. The molecule has 2 saturated heterocycles. The number of nitrogens with zero attached hydrogens (tertiary/aromatic N) is 1. The van der Waals surface area contributed by atoms with E-state index in [2.05, 4.69) is 6.92 Å². The second kappa shape index (κ2) is 5.74. The van der Waals surface area contributed by atoms with Gasteiger partial charge in [0.15, 0.2) is 0 Å². The Kier molecular flexibility index (Phi) is 4.08. The van der Waals surface area contributed by atoms with Crippen LogP contribution in [0.25, 0.3) is 0 Å². The van der Waals surface area contributed by atoms with E-state index >= 15 is 0 Å². The Labute approximate surface area is 135 Å². The summed E-state index contributed by atoms with van der Waals surface area (Å²) in [4.78, 5) is 14.7. The van der Waals surface area contributed by atoms with E-state index in [-0.39, 0.29) is 47.2 Å². The third kappa shape index (κ3) is 2.38. The van der Waals surface area contributed by atoms with E-state index in [0.29, 0.717) is 0 Å². The fourth-order valence-electron chi connectivity index (χ4n) is 4.26. The van der Waals surface area contributed by atoms with Gasteiger partial charge < -0.3 is 15.1 Å². The highest BCUT2D eigenvalue weighted by molar-refractivity contribution is 6.32. The summed E-state index contributed by atoms with van der Waals surface area (Å²) in [5.41, 5.74) is 0.691. The summed E-state index contributed by atoms with van der Waals surface area (Å²) in [6.07, 6.45) is 4.13. The molecule has 0 aromatic heterocycles. The zero-order chi connectivity index (χ0) is 15.9. The monoisotopic (exact) mass is 323 g/mol. The van der Waals surface area contributed by atoms with Crippen LogP contribution in [0.15, 0.2) is 18.2 Å². The van der Waals surface area contributed by atoms with Crippen LogP contribution in [-0.2, 0) is 11.2 Å². The van der Waals surface area contributed by atoms with E-state index < -0.39 is 0 Å². The second-order valence-electron chi connectivity index (χ2n) is 6.59. The maximum atomic E-state index is 12.7. The van der Waals surface area contributed by atoms with E-state index in [9.17, 15) is 15.0 Å². The lowest BCUT2D eigenvalue weighted by molar-refractivity contribution is -0.132. The zero-order valence-corrected chi connectivity index (χ0v) is 13.5. The average Bonchev–Trinajstić information content (AvgIpc) is 3.07. The number of fused-ring (bicyclic) bond motifs is 2. The number of phenolic OH excluding ortho intramolecular Hbond substituents is 1. The molecule has 3 rings (SSSR count). The number of carbonyl (C=O) groups is 1. The maximum Gasteiger partial charge on any atom is 0.227 e. The van der Waals surface area contributed by atoms with E-state index in [4.69, 9.17) is 11.6 Å². The van der Waals surface area contributed by atoms with Crippen LogP contribution in [-0.4, -0.2) is 39.7 Å². The fourth-order valence-corrected chi connectivity index (χ4v) is 4.46. The van der Waals surface area contributed by atoms with Gasteiger partial charge in [-0.25, -0.2) is 0 Å². The van der Waals surface area contributed by atoms with Gasteiger partial charge >= 0.3 is 0 Å². The Morgan fingerprint density at radius 3 is 2.82 bits per heavy atom. The molecule has 0 radical (unpaired) electrons. The second-order valence-corrected chi connectivity index (χ2v) is 7.00. The molecule has 2 aliphatic rings. The Morgan fingerprint density at radius 1 is 1.45 bits per heavy atom. The molecule has 2 heterocycles. The van der Waals surface area contributed by atoms with Gasteiger partial charge in [-0.3, -0.25) is 4.79 Å². The van der Waals surface area contributed by atoms with Crippen LogP contribution in [0.4, 0.5) is 0 Å². The Balaban J connectivity index is 1.77. The quantitative estimate of drug-likeness (QED) is 0.895. The molecule has 2 fully saturated rings. The van der Waals surface area contributed by atoms with Gasteiger partial charge in [-0.2, -0.15) is 0 Å². The first-order valence-corrected chi connectivity index (χ1v) is 8.28. The van der Waals surface area contributed by atoms with Gasteiger partial charge in [-0.15, -0.1) is 0 Å². The molecule has 0 aliphatic carbocycles. The molecule has 0 spiro atoms. The first-order chi connectivity index (χ1) is 10.5. The number of aliphatic hydroxyl groups is 1. The first kappa shape index (κ1) is 15.6. The molecular formula is C17H22ClNO3. The van der Waals surface area contributed by atoms with Gasteiger partial charge in [0.25, 0.3) is 0 Å². The van der Waals surface area contributed by atoms with Crippen molar-refractivity contribution in [2.45, 2.75) is 51.1 Å². The van der Waals surface area contributed by atoms with Crippen LogP contribution in [0.3, 0.4) is 0 Å². The summed E-state index contributed by atoms with van der Waals surface area (Å²) in [6, 6.07) is 5.32. The molecule has 4 nitrogen and oxygen atoms in total. The molecule has 1 aromatic carbocycles. The smallest absolute Gasteiger partial charge is 0.227 e. The molecule has 1 aromatic rings. The zero-order valence-electron chi connectivity index (χ0n) is 12.8. The fraction of sp³-hybridized carbons (Fsp3) is 0.588. The number of hydrogen-bond donors (Lipinski definition) is 2. The number of amides is 1. The minimum Gasteiger partial charge on any atom is -0.506 e. The summed E-state index contributed by atoms with van der Waals surface area (Å²) in [6.45, 7) is 2.25. The van der Waals surface area contributed by atoms with Crippen molar-refractivity contribution < 1.29 is 15.0 Å². The van der Waals surface area contributed by atoms with Crippen LogP contribution in [0, 0.1) is 5.41 Å². The molecule has 0 unspecified atom stereocenters. The molecule has 5 heteroatoms. The van der Waals surface area contributed by atoms with Crippen LogP contribution in [0.5, 0.6) is 5.75 Å². The van der Waals surface area contributed by atoms with Crippen molar-refractivity contribution in [3.8, 4) is 5.75 Å². The van der Waals surface area contributed by atoms with Gasteiger partial charge in [-0.05, 0) is 43.4 Å². The lowest BCUT2D eigenvalue weighted by Gasteiger charge is -2.34. The van der Waals surface area contributed by atoms with Gasteiger partial charge in [0.05, 0.1) is 18.1 Å². The Hall–Kier alpha value is -1.26. The lowest BCUT2D eigenvalue weighted by Crippen LogP contribution is -2.42. The van der Waals surface area contributed by atoms with E-state index in [0.717, 1.165) is 31.2 Å². The molecule has 2 aliphatic heterocycles. The molecule has 2 N–H and O–H groups in total. The van der Waals surface area contributed by atoms with Crippen LogP contribution >= 0.6 is 11.6 Å². The number of phenols is 1. The van der Waals surface area contributed by atoms with Crippen molar-refractivity contribution in [3.63, 3.8) is 0 Å². The third-order valence-corrected chi connectivity index (χ3v) is 5.83. The van der Waals surface area contributed by atoms with Crippen molar-refractivity contribution in [1.29, 1.82) is 0 Å². The molecule has 3 atom stereocenters. The highest BCUT2D eigenvalue weighted by Gasteiger charge is 2.55. The van der Waals surface area contributed by atoms with Crippen LogP contribution in [0.1, 0.15) is 38.2 Å². The van der Waals surface area contributed by atoms with Crippen LogP contribution in [0.2, 0.25) is 5.02 Å². The van der Waals surface area contributed by atoms with Gasteiger partial charge in [0, 0.05) is 17.5 Å². The van der Waals surface area contributed by atoms with Crippen molar-refractivity contribution >= 4 is 17.5 Å². The van der Waals surface area contributed by atoms with E-state index in [1.807, 2.05) is 4.90 Å². The Morgan fingerprint density at radius 2 is 2.23 bits per heavy atom. The number of aromatic hydroxyl groups is 1. The van der Waals surface area contributed by atoms with E-state index in [1.54, 1.807) is 12.1 Å². The molecule has 1 amide bonds. The minimum absolute atomic E-state index is 0.0318. The molecule has 120 valence electrons. The van der Waals surface area contributed by atoms with Crippen molar-refractivity contribution in [3.05, 3.63) is 28.8 Å². The number of benzene rings is 1. The number of carbonyl (C=O) groups excluding carboxylic acids is 1. The van der Waals surface area contributed by atoms with E-state index in [1.165, 1.54) is 6.07 Å². The molecule has 2 bridgehead atoms. The third-order valence-electron chi connectivity index (χ3n) is 5.53. The predicted molar refractivity (Wildman–Crippen MR) is 84.9 cm³/mol. The average molecular weight is 324 g/mol. The lowest BCUT2D eigenvalue weighted by atomic mass is 9.72. The van der Waals surface area contributed by atoms with Crippen molar-refractivity contribution in [1.82, 2.24) is 4.90 Å². The molecule has 0 saturated carbocycles. The summed E-state index contributed by atoms with van der Waals surface area (Å²) in [7, 11) is 0. The topological polar surface area (TPSA) is 60.8 Å². The SMILES string of the molecule is CC[C@]1(CO)C[C@H]2CC[C@@H]1N2C(=O)Cc1ccc(O)c(Cl)c1.